The molecule has 2 N–H and O–H groups in total. The summed E-state index contributed by atoms with van der Waals surface area (Å²) >= 11 is 0. The molecule has 0 spiro atoms. The largest absolute Gasteiger partial charge is 0.481 e. The fraction of sp³-hybridized carbons (Fsp3) is 0.429. The lowest BCUT2D eigenvalue weighted by Crippen LogP contribution is -2.37. The molecule has 104 valence electrons. The van der Waals surface area contributed by atoms with E-state index in [1.165, 1.54) is 6.07 Å². The summed E-state index contributed by atoms with van der Waals surface area (Å²) in [6, 6.07) is 5.65. The van der Waals surface area contributed by atoms with Crippen LogP contribution in [0.5, 0.6) is 0 Å². The smallest absolute Gasteiger partial charge is 0.305 e. The van der Waals surface area contributed by atoms with E-state index in [1.807, 2.05) is 6.92 Å². The van der Waals surface area contributed by atoms with Crippen LogP contribution in [-0.4, -0.2) is 23.0 Å². The van der Waals surface area contributed by atoms with Crippen molar-refractivity contribution in [1.29, 1.82) is 0 Å². The van der Waals surface area contributed by atoms with Gasteiger partial charge >= 0.3 is 5.97 Å². The molecule has 4 nitrogen and oxygen atoms in total. The molecule has 0 aliphatic heterocycles. The molecule has 1 aromatic carbocycles. The first-order valence-corrected chi connectivity index (χ1v) is 6.27. The maximum absolute atomic E-state index is 13.4. The molecule has 0 aromatic heterocycles. The average molecular weight is 267 g/mol. The van der Waals surface area contributed by atoms with Crippen molar-refractivity contribution in [1.82, 2.24) is 5.32 Å². The van der Waals surface area contributed by atoms with E-state index in [0.29, 0.717) is 12.0 Å². The van der Waals surface area contributed by atoms with Gasteiger partial charge in [0.05, 0.1) is 12.8 Å². The molecular formula is C14H18FNO3. The Morgan fingerprint density at radius 3 is 2.63 bits per heavy atom. The summed E-state index contributed by atoms with van der Waals surface area (Å²) in [6.45, 7) is 1.91. The minimum atomic E-state index is -0.954. The average Bonchev–Trinajstić information content (AvgIpc) is 2.31. The summed E-state index contributed by atoms with van der Waals surface area (Å²) < 4.78 is 13.4. The van der Waals surface area contributed by atoms with Gasteiger partial charge in [-0.15, -0.1) is 0 Å². The highest BCUT2D eigenvalue weighted by Gasteiger charge is 2.16. The lowest BCUT2D eigenvalue weighted by Gasteiger charge is -2.16. The van der Waals surface area contributed by atoms with E-state index in [1.54, 1.807) is 18.2 Å². The van der Waals surface area contributed by atoms with Crippen LogP contribution < -0.4 is 5.32 Å². The Kier molecular flexibility index (Phi) is 5.99. The van der Waals surface area contributed by atoms with Gasteiger partial charge in [0.2, 0.25) is 5.91 Å². The van der Waals surface area contributed by atoms with Crippen LogP contribution in [0.1, 0.15) is 31.7 Å². The van der Waals surface area contributed by atoms with Gasteiger partial charge in [-0.1, -0.05) is 31.5 Å². The van der Waals surface area contributed by atoms with Gasteiger partial charge in [-0.05, 0) is 18.1 Å². The summed E-state index contributed by atoms with van der Waals surface area (Å²) in [5.74, 6) is -1.74. The van der Waals surface area contributed by atoms with Crippen LogP contribution in [0.15, 0.2) is 24.3 Å². The van der Waals surface area contributed by atoms with Crippen molar-refractivity contribution in [3.63, 3.8) is 0 Å². The van der Waals surface area contributed by atoms with Gasteiger partial charge in [-0.25, -0.2) is 4.39 Å². The molecule has 0 aliphatic rings. The number of carbonyl (C=O) groups is 2. The van der Waals surface area contributed by atoms with Crippen LogP contribution >= 0.6 is 0 Å². The molecule has 19 heavy (non-hydrogen) atoms. The van der Waals surface area contributed by atoms with E-state index in [0.717, 1.165) is 6.42 Å². The Balaban J connectivity index is 2.57. The van der Waals surface area contributed by atoms with Gasteiger partial charge < -0.3 is 10.4 Å². The monoisotopic (exact) mass is 267 g/mol. The first-order chi connectivity index (χ1) is 9.02. The predicted octanol–water partition coefficient (Wildman–Crippen LogP) is 2.13. The summed E-state index contributed by atoms with van der Waals surface area (Å²) in [7, 11) is 0. The Morgan fingerprint density at radius 1 is 1.37 bits per heavy atom. The standard InChI is InChI=1S/C14H18FNO3/c1-2-5-11(9-14(18)19)16-13(17)8-10-6-3-4-7-12(10)15/h3-4,6-7,11H,2,5,8-9H2,1H3,(H,16,17)(H,18,19)/t11-/m0/s1. The summed E-state index contributed by atoms with van der Waals surface area (Å²) in [4.78, 5) is 22.4. The van der Waals surface area contributed by atoms with Crippen LogP contribution in [0.3, 0.4) is 0 Å². The maximum Gasteiger partial charge on any atom is 0.305 e. The van der Waals surface area contributed by atoms with Crippen LogP contribution in [0.25, 0.3) is 0 Å². The second-order valence-corrected chi connectivity index (χ2v) is 4.42. The highest BCUT2D eigenvalue weighted by molar-refractivity contribution is 5.79. The summed E-state index contributed by atoms with van der Waals surface area (Å²) in [5.41, 5.74) is 0.311. The van der Waals surface area contributed by atoms with Crippen molar-refractivity contribution in [2.24, 2.45) is 0 Å². The van der Waals surface area contributed by atoms with E-state index < -0.39 is 17.8 Å². The molecule has 1 amide bonds. The molecule has 0 aliphatic carbocycles. The number of hydrogen-bond donors (Lipinski definition) is 2. The number of hydrogen-bond acceptors (Lipinski definition) is 2. The predicted molar refractivity (Wildman–Crippen MR) is 69.2 cm³/mol. The van der Waals surface area contributed by atoms with E-state index in [4.69, 9.17) is 5.11 Å². The lowest BCUT2D eigenvalue weighted by molar-refractivity contribution is -0.137. The van der Waals surface area contributed by atoms with Crippen molar-refractivity contribution in [3.8, 4) is 0 Å². The third kappa shape index (κ3) is 5.50. The summed E-state index contributed by atoms with van der Waals surface area (Å²) in [6.07, 6.45) is 1.18. The minimum absolute atomic E-state index is 0.0769. The Bertz CT molecular complexity index is 448. The molecule has 0 heterocycles. The Hall–Kier alpha value is -1.91. The van der Waals surface area contributed by atoms with Crippen molar-refractivity contribution in [3.05, 3.63) is 35.6 Å². The van der Waals surface area contributed by atoms with Crippen LogP contribution in [0, 0.1) is 5.82 Å². The quantitative estimate of drug-likeness (QED) is 0.795. The first kappa shape index (κ1) is 15.1. The normalized spacial score (nSPS) is 11.9. The van der Waals surface area contributed by atoms with Crippen LogP contribution in [0.2, 0.25) is 0 Å². The summed E-state index contributed by atoms with van der Waals surface area (Å²) in [5, 5.41) is 11.4. The fourth-order valence-corrected chi connectivity index (χ4v) is 1.88. The van der Waals surface area contributed by atoms with Crippen LogP contribution in [-0.2, 0) is 16.0 Å². The van der Waals surface area contributed by atoms with Gasteiger partial charge in [0.25, 0.3) is 0 Å². The zero-order valence-electron chi connectivity index (χ0n) is 10.9. The van der Waals surface area contributed by atoms with E-state index in [2.05, 4.69) is 5.32 Å². The molecule has 0 saturated heterocycles. The maximum atomic E-state index is 13.4. The van der Waals surface area contributed by atoms with Gasteiger partial charge in [0.1, 0.15) is 5.82 Å². The molecule has 0 radical (unpaired) electrons. The highest BCUT2D eigenvalue weighted by atomic mass is 19.1. The molecule has 1 rings (SSSR count). The van der Waals surface area contributed by atoms with E-state index in [-0.39, 0.29) is 18.7 Å². The number of nitrogens with one attached hydrogen (secondary N) is 1. The number of benzene rings is 1. The number of aliphatic carboxylic acids is 1. The number of amides is 1. The first-order valence-electron chi connectivity index (χ1n) is 6.27. The molecule has 0 unspecified atom stereocenters. The number of carboxylic acids is 1. The second-order valence-electron chi connectivity index (χ2n) is 4.42. The molecule has 1 atom stereocenters. The van der Waals surface area contributed by atoms with Gasteiger partial charge in [-0.3, -0.25) is 9.59 Å². The lowest BCUT2D eigenvalue weighted by atomic mass is 10.1. The molecule has 0 bridgehead atoms. The van der Waals surface area contributed by atoms with E-state index in [9.17, 15) is 14.0 Å². The zero-order chi connectivity index (χ0) is 14.3. The second kappa shape index (κ2) is 7.51. The minimum Gasteiger partial charge on any atom is -0.481 e. The molecule has 0 saturated carbocycles. The number of rotatable bonds is 7. The topological polar surface area (TPSA) is 66.4 Å². The number of carbonyl (C=O) groups excluding carboxylic acids is 1. The highest BCUT2D eigenvalue weighted by Crippen LogP contribution is 2.08. The third-order valence-corrected chi connectivity index (χ3v) is 2.73. The van der Waals surface area contributed by atoms with E-state index >= 15 is 0 Å². The van der Waals surface area contributed by atoms with Gasteiger partial charge in [0.15, 0.2) is 0 Å². The van der Waals surface area contributed by atoms with Gasteiger partial charge in [-0.2, -0.15) is 0 Å². The van der Waals surface area contributed by atoms with Crippen molar-refractivity contribution in [2.45, 2.75) is 38.6 Å². The van der Waals surface area contributed by atoms with Crippen LogP contribution in [0.4, 0.5) is 4.39 Å². The molecule has 0 fully saturated rings. The SMILES string of the molecule is CCC[C@@H](CC(=O)O)NC(=O)Cc1ccccc1F. The van der Waals surface area contributed by atoms with Crippen molar-refractivity contribution >= 4 is 11.9 Å². The van der Waals surface area contributed by atoms with Gasteiger partial charge in [0, 0.05) is 6.04 Å². The Morgan fingerprint density at radius 2 is 2.05 bits per heavy atom. The Labute approximate surface area is 111 Å². The van der Waals surface area contributed by atoms with Crippen molar-refractivity contribution < 1.29 is 19.1 Å². The molecule has 1 aromatic rings. The van der Waals surface area contributed by atoms with Crippen molar-refractivity contribution in [2.75, 3.05) is 0 Å². The third-order valence-electron chi connectivity index (χ3n) is 2.73. The zero-order valence-corrected chi connectivity index (χ0v) is 10.9. The number of halogens is 1. The number of carboxylic acid groups (broad SMARTS) is 1. The molecular weight excluding hydrogens is 249 g/mol. The molecule has 5 heteroatoms. The fourth-order valence-electron chi connectivity index (χ4n) is 1.88.